The molecule has 0 heterocycles. The topological polar surface area (TPSA) is 156 Å². The fourth-order valence-corrected chi connectivity index (χ4v) is 0.920. The molecule has 0 saturated heterocycles. The van der Waals surface area contributed by atoms with Gasteiger partial charge in [-0.2, -0.15) is 0 Å². The van der Waals surface area contributed by atoms with Crippen molar-refractivity contribution >= 4 is 11.6 Å². The smallest absolute Gasteiger partial charge is 0.231 e. The van der Waals surface area contributed by atoms with E-state index >= 15 is 0 Å². The number of ketones is 2. The minimum Gasteiger partial charge on any atom is -0.394 e. The summed E-state index contributed by atoms with van der Waals surface area (Å²) in [6.07, 6.45) is -8.15. The molecule has 6 N–H and O–H groups in total. The quantitative estimate of drug-likeness (QED) is 0.243. The molecule has 0 aliphatic heterocycles. The van der Waals surface area contributed by atoms with Gasteiger partial charge in [0.1, 0.15) is 31.0 Å². The Balaban J connectivity index is 4.54. The number of aliphatic hydroxyl groups excluding tert-OH is 6. The van der Waals surface area contributed by atoms with Gasteiger partial charge in [-0.15, -0.1) is 0 Å². The van der Waals surface area contributed by atoms with E-state index in [1.807, 2.05) is 0 Å². The van der Waals surface area contributed by atoms with Gasteiger partial charge in [0.25, 0.3) is 0 Å². The van der Waals surface area contributed by atoms with Crippen LogP contribution < -0.4 is 0 Å². The van der Waals surface area contributed by atoms with Gasteiger partial charge in [-0.1, -0.05) is 0 Å². The molecule has 0 aliphatic rings. The van der Waals surface area contributed by atoms with Crippen LogP contribution in [0.5, 0.6) is 0 Å². The second-order valence-electron chi connectivity index (χ2n) is 3.12. The molecule has 0 saturated carbocycles. The highest BCUT2D eigenvalue weighted by atomic mass is 16.4. The molecule has 4 unspecified atom stereocenters. The summed E-state index contributed by atoms with van der Waals surface area (Å²) in [4.78, 5) is 21.6. The van der Waals surface area contributed by atoms with E-state index in [4.69, 9.17) is 25.5 Å². The van der Waals surface area contributed by atoms with Crippen LogP contribution in [0.25, 0.3) is 0 Å². The molecule has 8 nitrogen and oxygen atoms in total. The van der Waals surface area contributed by atoms with E-state index in [1.54, 1.807) is 0 Å². The second kappa shape index (κ2) is 6.63. The zero-order chi connectivity index (χ0) is 12.9. The van der Waals surface area contributed by atoms with Gasteiger partial charge in [-0.25, -0.2) is 0 Å². The monoisotopic (exact) mass is 238 g/mol. The van der Waals surface area contributed by atoms with E-state index in [2.05, 4.69) is 0 Å². The Kier molecular flexibility index (Phi) is 6.26. The lowest BCUT2D eigenvalue weighted by Gasteiger charge is -2.24. The highest BCUT2D eigenvalue weighted by Gasteiger charge is 2.36. The lowest BCUT2D eigenvalue weighted by Crippen LogP contribution is -2.50. The van der Waals surface area contributed by atoms with Gasteiger partial charge < -0.3 is 30.6 Å². The minimum absolute atomic E-state index is 0.896. The van der Waals surface area contributed by atoms with Crippen LogP contribution in [0.15, 0.2) is 0 Å². The van der Waals surface area contributed by atoms with Crippen molar-refractivity contribution in [2.24, 2.45) is 0 Å². The summed E-state index contributed by atoms with van der Waals surface area (Å²) in [7, 11) is 0. The molecular weight excluding hydrogens is 224 g/mol. The van der Waals surface area contributed by atoms with Gasteiger partial charge in [-0.05, 0) is 0 Å². The van der Waals surface area contributed by atoms with Crippen LogP contribution in [0.4, 0.5) is 0 Å². The molecule has 16 heavy (non-hydrogen) atoms. The Hall–Kier alpha value is -0.900. The van der Waals surface area contributed by atoms with Crippen molar-refractivity contribution in [2.45, 2.75) is 24.4 Å². The van der Waals surface area contributed by atoms with Crippen LogP contribution in [0.3, 0.4) is 0 Å². The van der Waals surface area contributed by atoms with Crippen LogP contribution in [-0.2, 0) is 9.59 Å². The highest BCUT2D eigenvalue weighted by Crippen LogP contribution is 2.06. The molecule has 0 rings (SSSR count). The highest BCUT2D eigenvalue weighted by molar-refractivity contribution is 6.39. The van der Waals surface area contributed by atoms with Gasteiger partial charge in [0, 0.05) is 0 Å². The Morgan fingerprint density at radius 3 is 1.81 bits per heavy atom. The average molecular weight is 238 g/mol. The number of carbonyl (C=O) groups excluding carboxylic acids is 2. The van der Waals surface area contributed by atoms with Crippen molar-refractivity contribution < 1.29 is 40.2 Å². The molecule has 0 aromatic carbocycles. The zero-order valence-electron chi connectivity index (χ0n) is 8.22. The summed E-state index contributed by atoms with van der Waals surface area (Å²) in [5.41, 5.74) is 0. The molecule has 0 aromatic heterocycles. The molecule has 0 spiro atoms. The fraction of sp³-hybridized carbons (Fsp3) is 0.750. The van der Waals surface area contributed by atoms with Gasteiger partial charge in [0.2, 0.25) is 11.6 Å². The van der Waals surface area contributed by atoms with Crippen LogP contribution in [0.1, 0.15) is 0 Å². The Morgan fingerprint density at radius 1 is 0.938 bits per heavy atom. The van der Waals surface area contributed by atoms with Crippen LogP contribution in [-0.4, -0.2) is 79.8 Å². The SMILES string of the molecule is O=C(CO)C(=O)C(O)C(O)C(O)C(O)CO. The first-order valence-electron chi connectivity index (χ1n) is 4.37. The molecule has 8 heteroatoms. The standard InChI is InChI=1S/C8H14O8/c9-1-3(11)5(13)7(15)8(16)6(14)4(12)2-10/h3,5,7-11,13,15-16H,1-2H2. The molecule has 4 atom stereocenters. The van der Waals surface area contributed by atoms with Crippen molar-refractivity contribution in [3.63, 3.8) is 0 Å². The van der Waals surface area contributed by atoms with E-state index in [0.29, 0.717) is 0 Å². The van der Waals surface area contributed by atoms with Crippen molar-refractivity contribution in [1.29, 1.82) is 0 Å². The maximum absolute atomic E-state index is 11.0. The maximum Gasteiger partial charge on any atom is 0.231 e. The normalized spacial score (nSPS) is 18.6. The summed E-state index contributed by atoms with van der Waals surface area (Å²) in [6.45, 7) is -2.03. The third kappa shape index (κ3) is 3.59. The number of hydrogen-bond acceptors (Lipinski definition) is 8. The molecule has 94 valence electrons. The summed E-state index contributed by atoms with van der Waals surface area (Å²) in [5.74, 6) is -2.82. The molecular formula is C8H14O8. The first-order chi connectivity index (χ1) is 7.36. The van der Waals surface area contributed by atoms with Gasteiger partial charge in [0.15, 0.2) is 0 Å². The van der Waals surface area contributed by atoms with Crippen molar-refractivity contribution in [2.75, 3.05) is 13.2 Å². The van der Waals surface area contributed by atoms with Crippen LogP contribution in [0.2, 0.25) is 0 Å². The minimum atomic E-state index is -2.27. The average Bonchev–Trinajstić information content (AvgIpc) is 2.32. The van der Waals surface area contributed by atoms with E-state index < -0.39 is 49.2 Å². The Bertz CT molecular complexity index is 252. The molecule has 0 aliphatic carbocycles. The number of hydrogen-bond donors (Lipinski definition) is 6. The third-order valence-electron chi connectivity index (χ3n) is 1.94. The molecule has 0 bridgehead atoms. The van der Waals surface area contributed by atoms with Gasteiger partial charge in [-0.3, -0.25) is 9.59 Å². The van der Waals surface area contributed by atoms with E-state index in [-0.39, 0.29) is 0 Å². The van der Waals surface area contributed by atoms with Crippen LogP contribution in [0, 0.1) is 0 Å². The van der Waals surface area contributed by atoms with E-state index in [9.17, 15) is 14.7 Å². The Labute approximate surface area is 90.4 Å². The number of aliphatic hydroxyl groups is 6. The summed E-state index contributed by atoms with van der Waals surface area (Å²) < 4.78 is 0. The number of carbonyl (C=O) groups is 2. The molecule has 0 aromatic rings. The lowest BCUT2D eigenvalue weighted by molar-refractivity contribution is -0.155. The zero-order valence-corrected chi connectivity index (χ0v) is 8.22. The fourth-order valence-electron chi connectivity index (χ4n) is 0.920. The largest absolute Gasteiger partial charge is 0.394 e. The predicted molar refractivity (Wildman–Crippen MR) is 48.2 cm³/mol. The first-order valence-corrected chi connectivity index (χ1v) is 4.37. The van der Waals surface area contributed by atoms with Crippen molar-refractivity contribution in [3.05, 3.63) is 0 Å². The molecule has 0 amide bonds. The van der Waals surface area contributed by atoms with Gasteiger partial charge >= 0.3 is 0 Å². The number of rotatable bonds is 7. The van der Waals surface area contributed by atoms with Crippen molar-refractivity contribution in [3.8, 4) is 0 Å². The summed E-state index contributed by atoms with van der Waals surface area (Å²) in [6, 6.07) is 0. The number of Topliss-reactive ketones (excluding diaryl/α,β-unsaturated/α-hetero) is 2. The predicted octanol–water partition coefficient (Wildman–Crippen LogP) is -4.45. The summed E-state index contributed by atoms with van der Waals surface area (Å²) in [5, 5.41) is 53.1. The Morgan fingerprint density at radius 2 is 1.44 bits per heavy atom. The summed E-state index contributed by atoms with van der Waals surface area (Å²) >= 11 is 0. The molecule has 0 radical (unpaired) electrons. The van der Waals surface area contributed by atoms with Crippen LogP contribution >= 0.6 is 0 Å². The second-order valence-corrected chi connectivity index (χ2v) is 3.12. The van der Waals surface area contributed by atoms with E-state index in [1.165, 1.54) is 0 Å². The lowest BCUT2D eigenvalue weighted by atomic mass is 9.99. The third-order valence-corrected chi connectivity index (χ3v) is 1.94. The first kappa shape index (κ1) is 15.1. The van der Waals surface area contributed by atoms with E-state index in [0.717, 1.165) is 0 Å². The van der Waals surface area contributed by atoms with Crippen molar-refractivity contribution in [1.82, 2.24) is 0 Å². The van der Waals surface area contributed by atoms with Gasteiger partial charge in [0.05, 0.1) is 6.61 Å². The maximum atomic E-state index is 11.0. The molecule has 0 fully saturated rings.